The lowest BCUT2D eigenvalue weighted by atomic mass is 9.69. The molecule has 532 valence electrons. The highest BCUT2D eigenvalue weighted by Gasteiger charge is 2.37. The number of Topliss-reactive ketones (excluding diaryl/α,β-unsaturated/α-hetero) is 2. The second kappa shape index (κ2) is 34.5. The van der Waals surface area contributed by atoms with Crippen LogP contribution in [0.15, 0.2) is 33.9 Å². The summed E-state index contributed by atoms with van der Waals surface area (Å²) >= 11 is 11.0. The van der Waals surface area contributed by atoms with Crippen LogP contribution in [0, 0.1) is 80.6 Å². The second-order valence-corrected chi connectivity index (χ2v) is 33.0. The number of carboxylic acid groups (broad SMARTS) is 1. The average Bonchev–Trinajstić information content (AvgIpc) is 1.64. The topological polar surface area (TPSA) is 238 Å². The molecule has 6 aliphatic rings. The maximum Gasteiger partial charge on any atom is 0.326 e. The van der Waals surface area contributed by atoms with Gasteiger partial charge >= 0.3 is 17.3 Å². The Labute approximate surface area is 572 Å². The summed E-state index contributed by atoms with van der Waals surface area (Å²) in [5, 5.41) is 16.7. The molecule has 2 amide bonds. The summed E-state index contributed by atoms with van der Waals surface area (Å²) in [4.78, 5) is 102. The quantitative estimate of drug-likeness (QED) is 0.0610. The van der Waals surface area contributed by atoms with Gasteiger partial charge in [0.05, 0.1) is 51.5 Å². The molecular weight excluding hydrogens is 1250 g/mol. The zero-order valence-corrected chi connectivity index (χ0v) is 61.0. The number of aliphatic carboxylic acids is 1. The molecule has 2 aliphatic heterocycles. The molecule has 0 atom stereocenters. The maximum absolute atomic E-state index is 14.5. The molecule has 2 aromatic carbocycles. The molecule has 0 spiro atoms. The molecule has 4 aliphatic carbocycles. The van der Waals surface area contributed by atoms with Gasteiger partial charge in [-0.15, -0.1) is 11.6 Å². The van der Waals surface area contributed by atoms with E-state index in [0.29, 0.717) is 67.9 Å². The van der Waals surface area contributed by atoms with E-state index >= 15 is 0 Å². The molecule has 95 heavy (non-hydrogen) atoms. The number of carboxylic acids is 1. The van der Waals surface area contributed by atoms with Crippen molar-refractivity contribution in [1.82, 2.24) is 40.0 Å². The lowest BCUT2D eigenvalue weighted by Gasteiger charge is -2.37. The largest absolute Gasteiger partial charge is 0.481 e. The number of piperidine rings is 2. The van der Waals surface area contributed by atoms with E-state index in [0.717, 1.165) is 154 Å². The molecule has 6 N–H and O–H groups in total. The van der Waals surface area contributed by atoms with Crippen LogP contribution < -0.4 is 27.3 Å². The van der Waals surface area contributed by atoms with Crippen molar-refractivity contribution in [2.75, 3.05) is 52.7 Å². The van der Waals surface area contributed by atoms with Gasteiger partial charge in [-0.25, -0.2) is 18.4 Å². The Morgan fingerprint density at radius 3 is 1.14 bits per heavy atom. The van der Waals surface area contributed by atoms with Crippen LogP contribution in [0.4, 0.5) is 8.78 Å². The van der Waals surface area contributed by atoms with Crippen LogP contribution in [0.25, 0.3) is 22.1 Å². The smallest absolute Gasteiger partial charge is 0.326 e. The third-order valence-corrected chi connectivity index (χ3v) is 22.6. The number of H-pyrrole nitrogens is 2. The summed E-state index contributed by atoms with van der Waals surface area (Å²) in [6.45, 7) is 30.9. The molecule has 0 unspecified atom stereocenters. The van der Waals surface area contributed by atoms with Crippen molar-refractivity contribution in [2.24, 2.45) is 69.0 Å². The van der Waals surface area contributed by atoms with E-state index in [9.17, 15) is 47.1 Å². The summed E-state index contributed by atoms with van der Waals surface area (Å²) in [7, 11) is 2.88. The van der Waals surface area contributed by atoms with E-state index in [-0.39, 0.29) is 75.2 Å². The Morgan fingerprint density at radius 2 is 0.821 bits per heavy atom. The molecule has 4 saturated carbocycles. The fourth-order valence-corrected chi connectivity index (χ4v) is 15.9. The minimum Gasteiger partial charge on any atom is -0.481 e. The Hall–Kier alpha value is -5.24. The Balaban J connectivity index is 0.000000201. The van der Waals surface area contributed by atoms with Crippen molar-refractivity contribution in [1.29, 1.82) is 0 Å². The molecule has 21 heteroatoms. The summed E-state index contributed by atoms with van der Waals surface area (Å²) in [5.74, 6) is 1.32. The highest BCUT2D eigenvalue weighted by Crippen LogP contribution is 2.44. The number of carbonyl (C=O) groups is 6. The number of aromatic amines is 2. The number of amides is 2. The van der Waals surface area contributed by atoms with Gasteiger partial charge in [0, 0.05) is 69.2 Å². The zero-order chi connectivity index (χ0) is 70.5. The number of halogens is 4. The molecule has 2 saturated heterocycles. The number of imidazole rings is 2. The van der Waals surface area contributed by atoms with Crippen molar-refractivity contribution >= 4 is 79.9 Å². The number of carbonyl (C=O) groups excluding carboxylic acids is 5. The number of nitrogens with zero attached hydrogens (tertiary/aromatic N) is 3. The Bertz CT molecular complexity index is 3290. The predicted octanol–water partition coefficient (Wildman–Crippen LogP) is 14.8. The number of nitrogens with one attached hydrogen (secondary N) is 5. The zero-order valence-electron chi connectivity index (χ0n) is 59.5. The molecule has 4 aromatic rings. The number of benzene rings is 2. The van der Waals surface area contributed by atoms with E-state index in [2.05, 4.69) is 114 Å². The highest BCUT2D eigenvalue weighted by atomic mass is 35.5. The first-order valence-electron chi connectivity index (χ1n) is 35.2. The van der Waals surface area contributed by atoms with Crippen LogP contribution in [-0.2, 0) is 19.2 Å². The maximum atomic E-state index is 14.5. The van der Waals surface area contributed by atoms with Gasteiger partial charge in [0.1, 0.15) is 17.4 Å². The fourth-order valence-electron chi connectivity index (χ4n) is 15.5. The summed E-state index contributed by atoms with van der Waals surface area (Å²) in [6, 6.07) is 5.30. The lowest BCUT2D eigenvalue weighted by Crippen LogP contribution is -2.41. The van der Waals surface area contributed by atoms with Crippen LogP contribution >= 0.6 is 23.2 Å². The molecule has 6 fully saturated rings. The van der Waals surface area contributed by atoms with Crippen molar-refractivity contribution in [3.63, 3.8) is 0 Å². The minimum absolute atomic E-state index is 0.0535. The highest BCUT2D eigenvalue weighted by molar-refractivity contribution is 6.64. The van der Waals surface area contributed by atoms with Gasteiger partial charge in [-0.2, -0.15) is 0 Å². The number of hydrogen-bond acceptors (Lipinski definition) is 10. The first kappa shape index (κ1) is 78.8. The van der Waals surface area contributed by atoms with E-state index in [1.165, 1.54) is 51.2 Å². The van der Waals surface area contributed by atoms with Crippen LogP contribution in [0.2, 0.25) is 0 Å². The van der Waals surface area contributed by atoms with Gasteiger partial charge in [-0.3, -0.25) is 42.8 Å². The van der Waals surface area contributed by atoms with Crippen LogP contribution in [-0.4, -0.2) is 116 Å². The SMILES string of the molecule is CC(C)(C)C1CCC(C(=O)CCl)CC1.CC(C)(C)C1CCC(C(=O)Cl)CC1.CC(C)(C)C1CCC(C(=O)O)CC1.CNC(=O)c1cc2[nH]c(=O)n(C3CCN(CC(=O)C4CCC(C(C)(C)C)CC4)CC3)c2cc1F.CNC(=O)c1cc2[nH]c(=O)n(C3CCNCC3)c2cc1F. The van der Waals surface area contributed by atoms with Gasteiger partial charge < -0.3 is 31.0 Å². The molecule has 4 heterocycles. The number of fused-ring (bicyclic) bond motifs is 2. The molecule has 10 rings (SSSR count). The molecule has 0 radical (unpaired) electrons. The van der Waals surface area contributed by atoms with Crippen molar-refractivity contribution < 1.29 is 42.7 Å². The van der Waals surface area contributed by atoms with Crippen LogP contribution in [0.5, 0.6) is 0 Å². The van der Waals surface area contributed by atoms with Crippen molar-refractivity contribution in [3.05, 3.63) is 68.0 Å². The van der Waals surface area contributed by atoms with Gasteiger partial charge in [0.25, 0.3) is 11.8 Å². The fraction of sp³-hybridized carbons (Fsp3) is 0.730. The number of rotatable bonds is 11. The molecular formula is C74H114Cl2F2N8O9. The monoisotopic (exact) mass is 1370 g/mol. The molecule has 2 aromatic heterocycles. The first-order chi connectivity index (χ1) is 44.5. The lowest BCUT2D eigenvalue weighted by molar-refractivity contribution is -0.143. The standard InChI is InChI=1S/C26H37FN4O3.C14H17FN4O2.C12H21ClO.C11H19ClO.C11H20O2/c1-26(2,3)17-7-5-16(6-8-17)23(32)15-30-11-9-18(10-12-30)31-22-14-20(27)19(24(33)28-4)13-21(22)29-25(31)34;1-16-13(20)9-6-11-12(7-10(9)15)19(14(21)18-11)8-2-4-17-5-3-8;1-12(2,3)10-6-4-9(5-7-10)11(14)8-13;2*1-11(2,3)9-6-4-8(5-7-9)10(12)13/h13-14,16-18H,5-12,15H2,1-4H3,(H,28,33)(H,29,34);6-8,17H,2-5H2,1H3,(H,16,20)(H,18,21);9-10H,4-8H2,1-3H3;8-9H,4-7H2,1-3H3;8-9H,4-7H2,1-3H3,(H,12,13). The molecule has 17 nitrogen and oxygen atoms in total. The van der Waals surface area contributed by atoms with E-state index in [1.807, 2.05) is 0 Å². The normalized spacial score (nSPS) is 24.2. The van der Waals surface area contributed by atoms with Gasteiger partial charge in [0.15, 0.2) is 5.78 Å². The third kappa shape index (κ3) is 21.9. The average molecular weight is 1370 g/mol. The van der Waals surface area contributed by atoms with Crippen LogP contribution in [0.3, 0.4) is 0 Å². The Morgan fingerprint density at radius 1 is 0.495 bits per heavy atom. The van der Waals surface area contributed by atoms with Crippen molar-refractivity contribution in [3.8, 4) is 0 Å². The number of ketones is 2. The van der Waals surface area contributed by atoms with E-state index in [1.54, 1.807) is 9.13 Å². The van der Waals surface area contributed by atoms with Crippen LogP contribution in [0.1, 0.15) is 244 Å². The summed E-state index contributed by atoms with van der Waals surface area (Å²) < 4.78 is 31.9. The first-order valence-corrected chi connectivity index (χ1v) is 36.2. The number of aromatic nitrogens is 4. The number of hydrogen-bond donors (Lipinski definition) is 6. The summed E-state index contributed by atoms with van der Waals surface area (Å²) in [5.41, 5.74) is 2.66. The van der Waals surface area contributed by atoms with E-state index in [4.69, 9.17) is 28.3 Å². The third-order valence-electron chi connectivity index (χ3n) is 22.0. The van der Waals surface area contributed by atoms with Gasteiger partial charge in [0.2, 0.25) is 5.24 Å². The molecule has 0 bridgehead atoms. The predicted molar refractivity (Wildman–Crippen MR) is 377 cm³/mol. The van der Waals surface area contributed by atoms with E-state index < -0.39 is 29.4 Å². The minimum atomic E-state index is -0.649. The van der Waals surface area contributed by atoms with Gasteiger partial charge in [-0.1, -0.05) is 83.1 Å². The number of alkyl halides is 1. The Kier molecular flexibility index (Phi) is 28.6. The summed E-state index contributed by atoms with van der Waals surface area (Å²) in [6.07, 6.45) is 20.0. The van der Waals surface area contributed by atoms with Gasteiger partial charge in [-0.05, 0) is 211 Å². The number of likely N-dealkylation sites (tertiary alicyclic amines) is 1. The van der Waals surface area contributed by atoms with Crippen molar-refractivity contribution in [2.45, 2.75) is 224 Å². The second-order valence-electron chi connectivity index (χ2n) is 32.3.